The third-order valence-electron chi connectivity index (χ3n) is 4.22. The van der Waals surface area contributed by atoms with E-state index >= 15 is 0 Å². The monoisotopic (exact) mass is 377 g/mol. The Labute approximate surface area is 154 Å². The minimum Gasteiger partial charge on any atom is -0.497 e. The van der Waals surface area contributed by atoms with E-state index in [2.05, 4.69) is 17.0 Å². The third kappa shape index (κ3) is 5.20. The van der Waals surface area contributed by atoms with E-state index in [-0.39, 0.29) is 6.10 Å². The van der Waals surface area contributed by atoms with E-state index in [0.29, 0.717) is 12.4 Å². The standard InChI is InChI=1S/C19H23NO5S/c1-23-17-7-3-15(4-8-17)13-20-11-12-24-19(14-20)16-5-9-18(10-6-16)25-26(2,21)22/h3-10,19H,11-14H2,1-2H3/t19-/m0/s1. The molecular weight excluding hydrogens is 354 g/mol. The third-order valence-corrected chi connectivity index (χ3v) is 4.71. The maximum atomic E-state index is 11.2. The van der Waals surface area contributed by atoms with E-state index in [4.69, 9.17) is 13.7 Å². The van der Waals surface area contributed by atoms with Gasteiger partial charge in [0, 0.05) is 19.6 Å². The van der Waals surface area contributed by atoms with Crippen molar-refractivity contribution in [1.29, 1.82) is 0 Å². The predicted molar refractivity (Wildman–Crippen MR) is 98.9 cm³/mol. The van der Waals surface area contributed by atoms with Crippen molar-refractivity contribution in [3.8, 4) is 11.5 Å². The van der Waals surface area contributed by atoms with Gasteiger partial charge in [-0.05, 0) is 35.4 Å². The van der Waals surface area contributed by atoms with Gasteiger partial charge in [0.2, 0.25) is 0 Å². The van der Waals surface area contributed by atoms with Crippen LogP contribution in [0.2, 0.25) is 0 Å². The first kappa shape index (κ1) is 18.7. The van der Waals surface area contributed by atoms with E-state index in [1.807, 2.05) is 24.3 Å². The zero-order valence-corrected chi connectivity index (χ0v) is 15.7. The zero-order valence-electron chi connectivity index (χ0n) is 14.9. The normalized spacial score (nSPS) is 18.5. The molecule has 1 aliphatic heterocycles. The van der Waals surface area contributed by atoms with Crippen molar-refractivity contribution in [3.05, 3.63) is 59.7 Å². The molecule has 0 aliphatic carbocycles. The highest BCUT2D eigenvalue weighted by Crippen LogP contribution is 2.26. The molecule has 2 aromatic carbocycles. The summed E-state index contributed by atoms with van der Waals surface area (Å²) in [5, 5.41) is 0. The highest BCUT2D eigenvalue weighted by molar-refractivity contribution is 7.86. The average Bonchev–Trinajstić information content (AvgIpc) is 2.62. The summed E-state index contributed by atoms with van der Waals surface area (Å²) < 4.78 is 38.3. The van der Waals surface area contributed by atoms with Crippen molar-refractivity contribution in [2.75, 3.05) is 33.1 Å². The summed E-state index contributed by atoms with van der Waals surface area (Å²) in [6, 6.07) is 15.1. The first-order valence-electron chi connectivity index (χ1n) is 8.39. The number of rotatable bonds is 6. The van der Waals surface area contributed by atoms with Gasteiger partial charge in [0.25, 0.3) is 0 Å². The Hall–Kier alpha value is -2.09. The summed E-state index contributed by atoms with van der Waals surface area (Å²) in [4.78, 5) is 2.34. The van der Waals surface area contributed by atoms with Crippen LogP contribution >= 0.6 is 0 Å². The molecule has 1 atom stereocenters. The Bertz CT molecular complexity index is 818. The molecule has 3 rings (SSSR count). The zero-order chi connectivity index (χ0) is 18.6. The topological polar surface area (TPSA) is 65.1 Å². The van der Waals surface area contributed by atoms with Gasteiger partial charge in [0.1, 0.15) is 11.5 Å². The molecule has 0 amide bonds. The van der Waals surface area contributed by atoms with E-state index in [1.54, 1.807) is 19.2 Å². The molecule has 1 heterocycles. The lowest BCUT2D eigenvalue weighted by molar-refractivity contribution is -0.0329. The second-order valence-corrected chi connectivity index (χ2v) is 7.87. The van der Waals surface area contributed by atoms with Crippen LogP contribution in [0.4, 0.5) is 0 Å². The molecule has 0 spiro atoms. The van der Waals surface area contributed by atoms with E-state index in [0.717, 1.165) is 37.2 Å². The van der Waals surface area contributed by atoms with Crippen LogP contribution in [0.25, 0.3) is 0 Å². The van der Waals surface area contributed by atoms with E-state index < -0.39 is 10.1 Å². The van der Waals surface area contributed by atoms with E-state index in [9.17, 15) is 8.42 Å². The molecule has 0 unspecified atom stereocenters. The van der Waals surface area contributed by atoms with Crippen LogP contribution in [-0.2, 0) is 21.4 Å². The summed E-state index contributed by atoms with van der Waals surface area (Å²) >= 11 is 0. The Kier molecular flexibility index (Phi) is 5.80. The molecule has 1 fully saturated rings. The summed E-state index contributed by atoms with van der Waals surface area (Å²) in [6.45, 7) is 3.15. The molecule has 6 nitrogen and oxygen atoms in total. The molecule has 7 heteroatoms. The number of benzene rings is 2. The molecule has 0 radical (unpaired) electrons. The van der Waals surface area contributed by atoms with Crippen molar-refractivity contribution in [2.45, 2.75) is 12.6 Å². The highest BCUT2D eigenvalue weighted by Gasteiger charge is 2.22. The highest BCUT2D eigenvalue weighted by atomic mass is 32.2. The van der Waals surface area contributed by atoms with Crippen LogP contribution in [0.1, 0.15) is 17.2 Å². The molecule has 2 aromatic rings. The number of methoxy groups -OCH3 is 1. The number of morpholine rings is 1. The van der Waals surface area contributed by atoms with Gasteiger partial charge in [-0.25, -0.2) is 0 Å². The fourth-order valence-electron chi connectivity index (χ4n) is 2.95. The maximum absolute atomic E-state index is 11.2. The summed E-state index contributed by atoms with van der Waals surface area (Å²) in [6.07, 6.45) is 0.983. The molecule has 140 valence electrons. The molecule has 0 aromatic heterocycles. The second kappa shape index (κ2) is 8.07. The molecule has 1 aliphatic rings. The molecular formula is C19H23NO5S. The van der Waals surface area contributed by atoms with Crippen molar-refractivity contribution in [3.63, 3.8) is 0 Å². The van der Waals surface area contributed by atoms with Crippen molar-refractivity contribution < 1.29 is 22.1 Å². The largest absolute Gasteiger partial charge is 0.497 e. The first-order chi connectivity index (χ1) is 12.4. The van der Waals surface area contributed by atoms with Crippen molar-refractivity contribution in [1.82, 2.24) is 4.90 Å². The van der Waals surface area contributed by atoms with Crippen molar-refractivity contribution >= 4 is 10.1 Å². The van der Waals surface area contributed by atoms with E-state index in [1.165, 1.54) is 5.56 Å². The van der Waals surface area contributed by atoms with Gasteiger partial charge in [-0.1, -0.05) is 24.3 Å². The van der Waals surface area contributed by atoms with Gasteiger partial charge >= 0.3 is 10.1 Å². The van der Waals surface area contributed by atoms with Gasteiger partial charge in [-0.3, -0.25) is 4.90 Å². The second-order valence-electron chi connectivity index (χ2n) is 6.30. The Morgan fingerprint density at radius 1 is 1.08 bits per heavy atom. The SMILES string of the molecule is COc1ccc(CN2CCO[C@H](c3ccc(OS(C)(=O)=O)cc3)C2)cc1. The molecule has 0 bridgehead atoms. The molecule has 0 saturated carbocycles. The average molecular weight is 377 g/mol. The number of nitrogens with zero attached hydrogens (tertiary/aromatic N) is 1. The molecule has 26 heavy (non-hydrogen) atoms. The van der Waals surface area contributed by atoms with Crippen LogP contribution in [-0.4, -0.2) is 46.4 Å². The quantitative estimate of drug-likeness (QED) is 0.721. The minimum absolute atomic E-state index is 0.0470. The van der Waals surface area contributed by atoms with Gasteiger partial charge in [0.15, 0.2) is 0 Å². The van der Waals surface area contributed by atoms with Crippen LogP contribution in [0.3, 0.4) is 0 Å². The molecule has 1 saturated heterocycles. The van der Waals surface area contributed by atoms with Gasteiger partial charge in [-0.2, -0.15) is 8.42 Å². The summed E-state index contributed by atoms with van der Waals surface area (Å²) in [5.74, 6) is 1.16. The van der Waals surface area contributed by atoms with Crippen LogP contribution in [0.5, 0.6) is 11.5 Å². The number of hydrogen-bond acceptors (Lipinski definition) is 6. The van der Waals surface area contributed by atoms with Crippen molar-refractivity contribution in [2.24, 2.45) is 0 Å². The number of hydrogen-bond donors (Lipinski definition) is 0. The van der Waals surface area contributed by atoms with Gasteiger partial charge in [0.05, 0.1) is 26.1 Å². The summed E-state index contributed by atoms with van der Waals surface area (Å²) in [7, 11) is -1.85. The Morgan fingerprint density at radius 3 is 2.35 bits per heavy atom. The lowest BCUT2D eigenvalue weighted by atomic mass is 10.1. The lowest BCUT2D eigenvalue weighted by Crippen LogP contribution is -2.37. The van der Waals surface area contributed by atoms with Gasteiger partial charge < -0.3 is 13.7 Å². The fraction of sp³-hybridized carbons (Fsp3) is 0.368. The predicted octanol–water partition coefficient (Wildman–Crippen LogP) is 2.61. The smallest absolute Gasteiger partial charge is 0.306 e. The first-order valence-corrected chi connectivity index (χ1v) is 10.2. The number of ether oxygens (including phenoxy) is 2. The summed E-state index contributed by atoms with van der Waals surface area (Å²) in [5.41, 5.74) is 2.23. The fourth-order valence-corrected chi connectivity index (χ4v) is 3.41. The van der Waals surface area contributed by atoms with Crippen LogP contribution in [0, 0.1) is 0 Å². The van der Waals surface area contributed by atoms with Gasteiger partial charge in [-0.15, -0.1) is 0 Å². The maximum Gasteiger partial charge on any atom is 0.306 e. The minimum atomic E-state index is -3.51. The molecule has 0 N–H and O–H groups in total. The van der Waals surface area contributed by atoms with Crippen LogP contribution in [0.15, 0.2) is 48.5 Å². The van der Waals surface area contributed by atoms with Crippen LogP contribution < -0.4 is 8.92 Å². The Morgan fingerprint density at radius 2 is 1.73 bits per heavy atom. The Balaban J connectivity index is 1.62. The lowest BCUT2D eigenvalue weighted by Gasteiger charge is -2.33.